The summed E-state index contributed by atoms with van der Waals surface area (Å²) in [4.78, 5) is 4.58. The van der Waals surface area contributed by atoms with Gasteiger partial charge in [-0.1, -0.05) is 0 Å². The van der Waals surface area contributed by atoms with Crippen LogP contribution in [0.2, 0.25) is 0 Å². The molecule has 1 N–H and O–H groups in total. The number of hydrogen-bond donors (Lipinski definition) is 1. The van der Waals surface area contributed by atoms with E-state index in [4.69, 9.17) is 9.47 Å². The molecule has 2 atom stereocenters. The Morgan fingerprint density at radius 2 is 2.20 bits per heavy atom. The minimum Gasteiger partial charge on any atom is -0.381 e. The summed E-state index contributed by atoms with van der Waals surface area (Å²) < 4.78 is 11.6. The first-order chi connectivity index (χ1) is 9.67. The number of thiazole rings is 1. The fourth-order valence-corrected chi connectivity index (χ4v) is 4.07. The van der Waals surface area contributed by atoms with Crippen molar-refractivity contribution < 1.29 is 9.47 Å². The molecule has 2 aliphatic heterocycles. The highest BCUT2D eigenvalue weighted by atomic mass is 32.1. The van der Waals surface area contributed by atoms with Crippen molar-refractivity contribution in [3.8, 4) is 0 Å². The third kappa shape index (κ3) is 3.22. The zero-order valence-electron chi connectivity index (χ0n) is 12.4. The second kappa shape index (κ2) is 6.10. The van der Waals surface area contributed by atoms with Crippen LogP contribution in [-0.4, -0.2) is 36.4 Å². The van der Waals surface area contributed by atoms with Crippen LogP contribution in [0, 0.1) is 6.92 Å². The molecule has 1 spiro atoms. The van der Waals surface area contributed by atoms with Crippen LogP contribution in [0.4, 0.5) is 0 Å². The van der Waals surface area contributed by atoms with Crippen LogP contribution in [0.1, 0.15) is 49.4 Å². The maximum absolute atomic E-state index is 6.10. The SMILES string of the molecule is Cc1csc(C(C)NC2CCOC3(CCOCC3)C2)n1. The summed E-state index contributed by atoms with van der Waals surface area (Å²) in [6, 6.07) is 0.856. The summed E-state index contributed by atoms with van der Waals surface area (Å²) >= 11 is 1.75. The van der Waals surface area contributed by atoms with Gasteiger partial charge >= 0.3 is 0 Å². The average Bonchev–Trinajstić information content (AvgIpc) is 2.86. The van der Waals surface area contributed by atoms with E-state index in [-0.39, 0.29) is 5.60 Å². The number of nitrogens with zero attached hydrogens (tertiary/aromatic N) is 1. The van der Waals surface area contributed by atoms with Crippen molar-refractivity contribution in [3.05, 3.63) is 16.1 Å². The third-order valence-electron chi connectivity index (χ3n) is 4.39. The van der Waals surface area contributed by atoms with Gasteiger partial charge in [-0.05, 0) is 39.5 Å². The second-order valence-electron chi connectivity index (χ2n) is 6.05. The zero-order valence-corrected chi connectivity index (χ0v) is 13.2. The van der Waals surface area contributed by atoms with Crippen LogP contribution in [-0.2, 0) is 9.47 Å². The Kier molecular flexibility index (Phi) is 4.40. The zero-order chi connectivity index (χ0) is 14.0. The molecule has 2 aliphatic rings. The van der Waals surface area contributed by atoms with E-state index in [2.05, 4.69) is 29.5 Å². The van der Waals surface area contributed by atoms with Crippen molar-refractivity contribution in [1.82, 2.24) is 10.3 Å². The van der Waals surface area contributed by atoms with E-state index in [1.165, 1.54) is 5.01 Å². The summed E-state index contributed by atoms with van der Waals surface area (Å²) in [5, 5.41) is 7.06. The first kappa shape index (κ1) is 14.4. The number of aromatic nitrogens is 1. The predicted molar refractivity (Wildman–Crippen MR) is 80.2 cm³/mol. The van der Waals surface area contributed by atoms with E-state index < -0.39 is 0 Å². The van der Waals surface area contributed by atoms with Gasteiger partial charge in [-0.25, -0.2) is 4.98 Å². The molecule has 0 aromatic carbocycles. The van der Waals surface area contributed by atoms with Gasteiger partial charge in [-0.15, -0.1) is 11.3 Å². The molecule has 112 valence electrons. The van der Waals surface area contributed by atoms with Crippen LogP contribution in [0.3, 0.4) is 0 Å². The van der Waals surface area contributed by atoms with Gasteiger partial charge in [0, 0.05) is 36.9 Å². The summed E-state index contributed by atoms with van der Waals surface area (Å²) in [7, 11) is 0. The number of ether oxygens (including phenoxy) is 2. The Hall–Kier alpha value is -0.490. The Bertz CT molecular complexity index is 437. The van der Waals surface area contributed by atoms with E-state index in [0.717, 1.165) is 51.2 Å². The Balaban J connectivity index is 1.59. The van der Waals surface area contributed by atoms with Gasteiger partial charge in [0.15, 0.2) is 0 Å². The maximum atomic E-state index is 6.10. The predicted octanol–water partition coefficient (Wildman–Crippen LogP) is 2.83. The van der Waals surface area contributed by atoms with Crippen molar-refractivity contribution in [2.45, 2.75) is 57.2 Å². The Morgan fingerprint density at radius 3 is 2.90 bits per heavy atom. The quantitative estimate of drug-likeness (QED) is 0.931. The van der Waals surface area contributed by atoms with Gasteiger partial charge < -0.3 is 14.8 Å². The number of aryl methyl sites for hydroxylation is 1. The van der Waals surface area contributed by atoms with Crippen molar-refractivity contribution in [2.24, 2.45) is 0 Å². The first-order valence-corrected chi connectivity index (χ1v) is 8.45. The highest BCUT2D eigenvalue weighted by molar-refractivity contribution is 7.09. The largest absolute Gasteiger partial charge is 0.381 e. The summed E-state index contributed by atoms with van der Waals surface area (Å²) in [6.07, 6.45) is 4.27. The molecule has 0 bridgehead atoms. The molecular weight excluding hydrogens is 272 g/mol. The fraction of sp³-hybridized carbons (Fsp3) is 0.800. The van der Waals surface area contributed by atoms with Gasteiger partial charge in [0.05, 0.1) is 11.6 Å². The summed E-state index contributed by atoms with van der Waals surface area (Å²) in [5.74, 6) is 0. The average molecular weight is 296 g/mol. The Labute approximate surface area is 124 Å². The molecule has 0 radical (unpaired) electrons. The van der Waals surface area contributed by atoms with Crippen LogP contribution in [0.5, 0.6) is 0 Å². The summed E-state index contributed by atoms with van der Waals surface area (Å²) in [5.41, 5.74) is 1.18. The fourth-order valence-electron chi connectivity index (χ4n) is 3.26. The van der Waals surface area contributed by atoms with Gasteiger partial charge in [0.25, 0.3) is 0 Å². The van der Waals surface area contributed by atoms with Crippen molar-refractivity contribution in [3.63, 3.8) is 0 Å². The molecule has 2 saturated heterocycles. The van der Waals surface area contributed by atoms with Crippen molar-refractivity contribution >= 4 is 11.3 Å². The lowest BCUT2D eigenvalue weighted by molar-refractivity contribution is -0.140. The van der Waals surface area contributed by atoms with E-state index in [9.17, 15) is 0 Å². The van der Waals surface area contributed by atoms with E-state index in [0.29, 0.717) is 12.1 Å². The number of rotatable bonds is 3. The van der Waals surface area contributed by atoms with Gasteiger partial charge in [-0.2, -0.15) is 0 Å². The van der Waals surface area contributed by atoms with Gasteiger partial charge in [0.2, 0.25) is 0 Å². The molecule has 0 saturated carbocycles. The van der Waals surface area contributed by atoms with Crippen molar-refractivity contribution in [1.29, 1.82) is 0 Å². The van der Waals surface area contributed by atoms with Crippen LogP contribution >= 0.6 is 11.3 Å². The highest BCUT2D eigenvalue weighted by Gasteiger charge is 2.39. The standard InChI is InChI=1S/C15H24N2O2S/c1-11-10-20-14(16-11)12(2)17-13-3-6-19-15(9-13)4-7-18-8-5-15/h10,12-13,17H,3-9H2,1-2H3. The number of nitrogens with one attached hydrogen (secondary N) is 1. The maximum Gasteiger partial charge on any atom is 0.110 e. The molecule has 2 fully saturated rings. The van der Waals surface area contributed by atoms with Crippen LogP contribution in [0.15, 0.2) is 5.38 Å². The molecule has 1 aromatic heterocycles. The lowest BCUT2D eigenvalue weighted by Gasteiger charge is -2.44. The van der Waals surface area contributed by atoms with E-state index in [1.54, 1.807) is 11.3 Å². The molecular formula is C15H24N2O2S. The minimum atomic E-state index is 0.0622. The molecule has 0 aliphatic carbocycles. The Morgan fingerprint density at radius 1 is 1.40 bits per heavy atom. The molecule has 3 heterocycles. The van der Waals surface area contributed by atoms with E-state index >= 15 is 0 Å². The van der Waals surface area contributed by atoms with E-state index in [1.807, 2.05) is 0 Å². The molecule has 4 nitrogen and oxygen atoms in total. The topological polar surface area (TPSA) is 43.4 Å². The lowest BCUT2D eigenvalue weighted by Crippen LogP contribution is -2.50. The monoisotopic (exact) mass is 296 g/mol. The second-order valence-corrected chi connectivity index (χ2v) is 6.94. The summed E-state index contributed by atoms with van der Waals surface area (Å²) in [6.45, 7) is 6.81. The molecule has 20 heavy (non-hydrogen) atoms. The third-order valence-corrected chi connectivity index (χ3v) is 5.54. The molecule has 1 aromatic rings. The van der Waals surface area contributed by atoms with Crippen LogP contribution < -0.4 is 5.32 Å². The molecule has 3 rings (SSSR count). The van der Waals surface area contributed by atoms with Crippen molar-refractivity contribution in [2.75, 3.05) is 19.8 Å². The van der Waals surface area contributed by atoms with Crippen LogP contribution in [0.25, 0.3) is 0 Å². The first-order valence-electron chi connectivity index (χ1n) is 7.57. The minimum absolute atomic E-state index is 0.0622. The highest BCUT2D eigenvalue weighted by Crippen LogP contribution is 2.35. The molecule has 0 amide bonds. The smallest absolute Gasteiger partial charge is 0.110 e. The normalized spacial score (nSPS) is 27.6. The molecule has 2 unspecified atom stereocenters. The lowest BCUT2D eigenvalue weighted by atomic mass is 9.84. The van der Waals surface area contributed by atoms with Gasteiger partial charge in [-0.3, -0.25) is 0 Å². The number of hydrogen-bond acceptors (Lipinski definition) is 5. The molecule has 5 heteroatoms. The van der Waals surface area contributed by atoms with Gasteiger partial charge in [0.1, 0.15) is 5.01 Å².